The van der Waals surface area contributed by atoms with E-state index >= 15 is 0 Å². The van der Waals surface area contributed by atoms with Crippen LogP contribution in [0, 0.1) is 13.8 Å². The van der Waals surface area contributed by atoms with E-state index in [-0.39, 0.29) is 5.97 Å². The summed E-state index contributed by atoms with van der Waals surface area (Å²) in [5, 5.41) is 0.507. The molecule has 0 atom stereocenters. The van der Waals surface area contributed by atoms with Crippen LogP contribution in [0.25, 0.3) is 11.0 Å². The van der Waals surface area contributed by atoms with Crippen LogP contribution in [0.1, 0.15) is 43.6 Å². The van der Waals surface area contributed by atoms with Crippen LogP contribution < -0.4 is 9.47 Å². The van der Waals surface area contributed by atoms with Gasteiger partial charge in [-0.25, -0.2) is 4.98 Å². The van der Waals surface area contributed by atoms with Gasteiger partial charge in [0.1, 0.15) is 17.3 Å². The Kier molecular flexibility index (Phi) is 7.75. The van der Waals surface area contributed by atoms with Crippen LogP contribution in [0.15, 0.2) is 30.3 Å². The minimum absolute atomic E-state index is 0.215. The normalized spacial score (nSPS) is 10.9. The first-order chi connectivity index (χ1) is 15.3. The predicted octanol–water partition coefficient (Wildman–Crippen LogP) is 5.00. The van der Waals surface area contributed by atoms with E-state index < -0.39 is 5.97 Å². The van der Waals surface area contributed by atoms with Crippen molar-refractivity contribution in [1.82, 2.24) is 9.55 Å². The van der Waals surface area contributed by atoms with Crippen molar-refractivity contribution in [1.29, 1.82) is 0 Å². The molecule has 8 heteroatoms. The van der Waals surface area contributed by atoms with E-state index in [1.54, 1.807) is 19.1 Å². The molecule has 0 fully saturated rings. The molecule has 0 radical (unpaired) electrons. The lowest BCUT2D eigenvalue weighted by Crippen LogP contribution is -2.07. The predicted molar refractivity (Wildman–Crippen MR) is 122 cm³/mol. The first-order valence-corrected chi connectivity index (χ1v) is 10.9. The molecule has 32 heavy (non-hydrogen) atoms. The monoisotopic (exact) mass is 458 g/mol. The molecule has 0 aliphatic carbocycles. The fourth-order valence-electron chi connectivity index (χ4n) is 3.45. The van der Waals surface area contributed by atoms with Crippen LogP contribution in [0.2, 0.25) is 5.02 Å². The number of esters is 2. The Hall–Kier alpha value is -3.06. The maximum atomic E-state index is 11.5. The molecule has 1 aromatic heterocycles. The van der Waals surface area contributed by atoms with Crippen molar-refractivity contribution >= 4 is 34.6 Å². The largest absolute Gasteiger partial charge is 0.493 e. The first kappa shape index (κ1) is 23.6. The second-order valence-corrected chi connectivity index (χ2v) is 7.86. The standard InChI is InChI=1S/C24H27ClN2O5/c1-5-30-23(29)7-6-10-31-20-11-15(2)24-22(13-20)27(16(3)26-24)14-18-8-9-19(12-21(18)25)32-17(4)28/h8-9,11-13H,5-7,10,14H2,1-4H3. The Morgan fingerprint density at radius 1 is 1.12 bits per heavy atom. The smallest absolute Gasteiger partial charge is 0.308 e. The molecule has 0 aliphatic rings. The van der Waals surface area contributed by atoms with Crippen LogP contribution in [0.5, 0.6) is 11.5 Å². The topological polar surface area (TPSA) is 79.7 Å². The molecular weight excluding hydrogens is 432 g/mol. The van der Waals surface area contributed by atoms with Gasteiger partial charge in [-0.15, -0.1) is 0 Å². The Morgan fingerprint density at radius 2 is 1.91 bits per heavy atom. The number of carbonyl (C=O) groups is 2. The number of benzene rings is 2. The Labute approximate surface area is 192 Å². The second-order valence-electron chi connectivity index (χ2n) is 7.46. The summed E-state index contributed by atoms with van der Waals surface area (Å²) in [6, 6.07) is 9.10. The average Bonchev–Trinajstić information content (AvgIpc) is 3.03. The van der Waals surface area contributed by atoms with Crippen LogP contribution in [0.3, 0.4) is 0 Å². The number of nitrogens with zero attached hydrogens (tertiary/aromatic N) is 2. The minimum atomic E-state index is -0.393. The highest BCUT2D eigenvalue weighted by atomic mass is 35.5. The molecule has 0 amide bonds. The third-order valence-electron chi connectivity index (χ3n) is 4.92. The number of rotatable bonds is 9. The number of halogens is 1. The number of aromatic nitrogens is 2. The van der Waals surface area contributed by atoms with E-state index in [1.165, 1.54) is 6.92 Å². The molecule has 0 spiro atoms. The van der Waals surface area contributed by atoms with Gasteiger partial charge in [-0.3, -0.25) is 9.59 Å². The molecule has 0 saturated heterocycles. The van der Waals surface area contributed by atoms with Crippen molar-refractivity contribution in [3.05, 3.63) is 52.3 Å². The number of hydrogen-bond acceptors (Lipinski definition) is 6. The van der Waals surface area contributed by atoms with E-state index in [0.29, 0.717) is 43.4 Å². The molecule has 0 bridgehead atoms. The van der Waals surface area contributed by atoms with Gasteiger partial charge in [0.2, 0.25) is 0 Å². The molecule has 170 valence electrons. The zero-order valence-corrected chi connectivity index (χ0v) is 19.5. The quantitative estimate of drug-likeness (QED) is 0.255. The maximum absolute atomic E-state index is 11.5. The minimum Gasteiger partial charge on any atom is -0.493 e. The van der Waals surface area contributed by atoms with Crippen LogP contribution >= 0.6 is 11.6 Å². The number of carbonyl (C=O) groups excluding carboxylic acids is 2. The molecule has 3 rings (SSSR count). The third-order valence-corrected chi connectivity index (χ3v) is 5.27. The summed E-state index contributed by atoms with van der Waals surface area (Å²) in [6.45, 7) is 8.38. The lowest BCUT2D eigenvalue weighted by Gasteiger charge is -2.12. The number of fused-ring (bicyclic) bond motifs is 1. The summed E-state index contributed by atoms with van der Waals surface area (Å²) in [5.41, 5.74) is 3.71. The molecule has 0 aliphatic heterocycles. The van der Waals surface area contributed by atoms with Crippen molar-refractivity contribution in [3.8, 4) is 11.5 Å². The molecule has 3 aromatic rings. The third kappa shape index (κ3) is 5.79. The van der Waals surface area contributed by atoms with Crippen molar-refractivity contribution in [3.63, 3.8) is 0 Å². The van der Waals surface area contributed by atoms with Gasteiger partial charge in [0, 0.05) is 24.4 Å². The highest BCUT2D eigenvalue weighted by Crippen LogP contribution is 2.29. The van der Waals surface area contributed by atoms with Crippen molar-refractivity contribution in [2.45, 2.75) is 47.1 Å². The van der Waals surface area contributed by atoms with Gasteiger partial charge >= 0.3 is 11.9 Å². The molecule has 7 nitrogen and oxygen atoms in total. The Morgan fingerprint density at radius 3 is 2.59 bits per heavy atom. The Bertz CT molecular complexity index is 1140. The average molecular weight is 459 g/mol. The molecule has 1 heterocycles. The van der Waals surface area contributed by atoms with E-state index in [9.17, 15) is 9.59 Å². The van der Waals surface area contributed by atoms with Crippen molar-refractivity contribution < 1.29 is 23.8 Å². The Balaban J connectivity index is 1.79. The summed E-state index contributed by atoms with van der Waals surface area (Å²) in [7, 11) is 0. The lowest BCUT2D eigenvalue weighted by molar-refractivity contribution is -0.143. The van der Waals surface area contributed by atoms with E-state index in [4.69, 9.17) is 30.8 Å². The number of hydrogen-bond donors (Lipinski definition) is 0. The highest BCUT2D eigenvalue weighted by molar-refractivity contribution is 6.31. The highest BCUT2D eigenvalue weighted by Gasteiger charge is 2.14. The van der Waals surface area contributed by atoms with Crippen LogP contribution in [0.4, 0.5) is 0 Å². The van der Waals surface area contributed by atoms with E-state index in [2.05, 4.69) is 4.57 Å². The van der Waals surface area contributed by atoms with E-state index in [1.807, 2.05) is 32.0 Å². The van der Waals surface area contributed by atoms with Gasteiger partial charge in [0.05, 0.1) is 30.8 Å². The summed E-state index contributed by atoms with van der Waals surface area (Å²) < 4.78 is 18.0. The molecular formula is C24H27ClN2O5. The maximum Gasteiger partial charge on any atom is 0.308 e. The first-order valence-electron chi connectivity index (χ1n) is 10.5. The van der Waals surface area contributed by atoms with Crippen LogP contribution in [-0.4, -0.2) is 34.7 Å². The molecule has 0 N–H and O–H groups in total. The van der Waals surface area contributed by atoms with Crippen molar-refractivity contribution in [2.75, 3.05) is 13.2 Å². The van der Waals surface area contributed by atoms with Crippen molar-refractivity contribution in [2.24, 2.45) is 0 Å². The fraction of sp³-hybridized carbons (Fsp3) is 0.375. The van der Waals surface area contributed by atoms with E-state index in [0.717, 1.165) is 33.7 Å². The molecule has 2 aromatic carbocycles. The molecule has 0 saturated carbocycles. The molecule has 0 unspecified atom stereocenters. The summed E-state index contributed by atoms with van der Waals surface area (Å²) >= 11 is 6.44. The zero-order chi connectivity index (χ0) is 23.3. The van der Waals surface area contributed by atoms with Crippen LogP contribution in [-0.2, 0) is 20.9 Å². The van der Waals surface area contributed by atoms with Gasteiger partial charge in [-0.1, -0.05) is 17.7 Å². The van der Waals surface area contributed by atoms with Gasteiger partial charge in [-0.05, 0) is 56.5 Å². The zero-order valence-electron chi connectivity index (χ0n) is 18.7. The number of ether oxygens (including phenoxy) is 3. The SMILES string of the molecule is CCOC(=O)CCCOc1cc(C)c2nc(C)n(Cc3ccc(OC(C)=O)cc3Cl)c2c1. The summed E-state index contributed by atoms with van der Waals surface area (Å²) in [5.74, 6) is 1.37. The van der Waals surface area contributed by atoms with Gasteiger partial charge in [-0.2, -0.15) is 0 Å². The summed E-state index contributed by atoms with van der Waals surface area (Å²) in [6.07, 6.45) is 0.909. The number of aryl methyl sites for hydroxylation is 2. The van der Waals surface area contributed by atoms with Gasteiger partial charge in [0.25, 0.3) is 0 Å². The summed E-state index contributed by atoms with van der Waals surface area (Å²) in [4.78, 5) is 27.4. The fourth-order valence-corrected chi connectivity index (χ4v) is 3.69. The van der Waals surface area contributed by atoms with Gasteiger partial charge < -0.3 is 18.8 Å². The second kappa shape index (κ2) is 10.5. The lowest BCUT2D eigenvalue weighted by atomic mass is 10.1. The number of imidazole rings is 1. The van der Waals surface area contributed by atoms with Gasteiger partial charge in [0.15, 0.2) is 0 Å².